The van der Waals surface area contributed by atoms with Crippen molar-refractivity contribution in [2.24, 2.45) is 10.8 Å². The molecule has 6 rings (SSSR count). The van der Waals surface area contributed by atoms with Gasteiger partial charge in [0.15, 0.2) is 0 Å². The van der Waals surface area contributed by atoms with Gasteiger partial charge >= 0.3 is 0 Å². The third-order valence-corrected chi connectivity index (χ3v) is 8.25. The molecule has 204 valence electrons. The zero-order valence-electron chi connectivity index (χ0n) is 23.9. The summed E-state index contributed by atoms with van der Waals surface area (Å²) in [5, 5.41) is 0. The summed E-state index contributed by atoms with van der Waals surface area (Å²) >= 11 is 0. The summed E-state index contributed by atoms with van der Waals surface area (Å²) in [7, 11) is 6.20. The van der Waals surface area contributed by atoms with E-state index in [0.29, 0.717) is 6.54 Å². The lowest BCUT2D eigenvalue weighted by molar-refractivity contribution is -0.0763. The van der Waals surface area contributed by atoms with E-state index in [2.05, 4.69) is 21.7 Å². The van der Waals surface area contributed by atoms with Crippen LogP contribution in [-0.4, -0.2) is 86.2 Å². The van der Waals surface area contributed by atoms with Gasteiger partial charge in [-0.3, -0.25) is 0 Å². The molecule has 2 aliphatic carbocycles. The molecule has 3 nitrogen and oxygen atoms in total. The highest BCUT2D eigenvalue weighted by Gasteiger charge is 2.54. The Morgan fingerprint density at radius 1 is 0.676 bits per heavy atom. The Labute approximate surface area is 209 Å². The van der Waals surface area contributed by atoms with Gasteiger partial charge < -0.3 is 14.7 Å². The molecule has 3 unspecified atom stereocenters. The average molecular weight is 492 g/mol. The number of nitrogens with zero attached hydrogens (tertiary/aromatic N) is 3. The number of rotatable bonds is 0. The van der Waals surface area contributed by atoms with Gasteiger partial charge in [-0.1, -0.05) is 41.5 Å². The van der Waals surface area contributed by atoms with Crippen molar-refractivity contribution >= 4 is 0 Å². The maximum absolute atomic E-state index is 13.0. The van der Waals surface area contributed by atoms with Crippen LogP contribution in [-0.2, 0) is 0 Å². The topological polar surface area (TPSA) is 9.72 Å². The largest absolute Gasteiger partial charge is 0.306 e. The molecular weight excluding hydrogens is 435 g/mol. The number of piperidine rings is 1. The lowest BCUT2D eigenvalue weighted by atomic mass is 10.00. The third kappa shape index (κ3) is 8.65. The molecule has 0 amide bonds. The van der Waals surface area contributed by atoms with Gasteiger partial charge in [0.1, 0.15) is 6.17 Å². The van der Waals surface area contributed by atoms with E-state index in [1.807, 2.05) is 55.6 Å². The van der Waals surface area contributed by atoms with Crippen LogP contribution in [0.4, 0.5) is 13.2 Å². The first-order valence-corrected chi connectivity index (χ1v) is 14.2. The Morgan fingerprint density at radius 3 is 1.44 bits per heavy atom. The molecule has 4 saturated heterocycles. The molecular formula is C28H56F3N3. The number of hydrogen-bond donors (Lipinski definition) is 0. The second kappa shape index (κ2) is 13.8. The van der Waals surface area contributed by atoms with Gasteiger partial charge in [0.05, 0.1) is 0 Å². The van der Waals surface area contributed by atoms with E-state index in [9.17, 15) is 13.2 Å². The maximum atomic E-state index is 13.0. The van der Waals surface area contributed by atoms with Gasteiger partial charge in [0, 0.05) is 50.0 Å². The summed E-state index contributed by atoms with van der Waals surface area (Å²) < 4.78 is 38.8. The number of hydrogen-bond acceptors (Lipinski definition) is 3. The van der Waals surface area contributed by atoms with E-state index >= 15 is 0 Å². The Balaban J connectivity index is 0.000000231. The summed E-state index contributed by atoms with van der Waals surface area (Å²) in [5.41, 5.74) is 0.976. The number of fused-ring (bicyclic) bond motifs is 2. The SMILES string of the molecule is CC.CC.CC.CN1C2CCC1CC(F)(F)C2.CN1CC(F)C2(CC2)C1.CN1CCC2(CC2)C1. The fourth-order valence-electron chi connectivity index (χ4n) is 5.90. The Bertz CT molecular complexity index is 547. The van der Waals surface area contributed by atoms with Crippen molar-refractivity contribution in [2.75, 3.05) is 47.3 Å². The highest BCUT2D eigenvalue weighted by Crippen LogP contribution is 2.53. The zero-order chi connectivity index (χ0) is 26.2. The van der Waals surface area contributed by atoms with Crippen molar-refractivity contribution in [1.29, 1.82) is 0 Å². The van der Waals surface area contributed by atoms with Crippen molar-refractivity contribution in [2.45, 2.75) is 124 Å². The van der Waals surface area contributed by atoms with Crippen molar-refractivity contribution in [3.05, 3.63) is 0 Å². The molecule has 2 bridgehead atoms. The molecule has 0 N–H and O–H groups in total. The number of alkyl halides is 3. The van der Waals surface area contributed by atoms with E-state index in [1.165, 1.54) is 32.4 Å². The highest BCUT2D eigenvalue weighted by molar-refractivity contribution is 5.06. The van der Waals surface area contributed by atoms with Crippen molar-refractivity contribution in [3.8, 4) is 0 Å². The second-order valence-electron chi connectivity index (χ2n) is 10.8. The third-order valence-electron chi connectivity index (χ3n) is 8.25. The predicted octanol–water partition coefficient (Wildman–Crippen LogP) is 7.11. The molecule has 34 heavy (non-hydrogen) atoms. The van der Waals surface area contributed by atoms with Crippen LogP contribution in [0.1, 0.15) is 99.3 Å². The van der Waals surface area contributed by atoms with Gasteiger partial charge in [-0.05, 0) is 78.0 Å². The normalized spacial score (nSPS) is 33.0. The van der Waals surface area contributed by atoms with Crippen molar-refractivity contribution in [1.82, 2.24) is 14.7 Å². The minimum Gasteiger partial charge on any atom is -0.306 e. The highest BCUT2D eigenvalue weighted by atomic mass is 19.3. The van der Waals surface area contributed by atoms with Gasteiger partial charge in [0.2, 0.25) is 0 Å². The predicted molar refractivity (Wildman–Crippen MR) is 141 cm³/mol. The number of likely N-dealkylation sites (tertiary alicyclic amines) is 2. The van der Waals surface area contributed by atoms with Crippen LogP contribution in [0.15, 0.2) is 0 Å². The van der Waals surface area contributed by atoms with Crippen LogP contribution in [0, 0.1) is 10.8 Å². The maximum Gasteiger partial charge on any atom is 0.251 e. The van der Waals surface area contributed by atoms with E-state index in [-0.39, 0.29) is 30.3 Å². The van der Waals surface area contributed by atoms with E-state index in [1.54, 1.807) is 0 Å². The van der Waals surface area contributed by atoms with E-state index in [0.717, 1.165) is 37.6 Å². The molecule has 4 aliphatic heterocycles. The molecule has 0 radical (unpaired) electrons. The summed E-state index contributed by atoms with van der Waals surface area (Å²) in [6.45, 7) is 16.4. The van der Waals surface area contributed by atoms with Gasteiger partial charge in [-0.25, -0.2) is 13.2 Å². The summed E-state index contributed by atoms with van der Waals surface area (Å²) in [5.74, 6) is -2.38. The molecule has 6 aliphatic rings. The van der Waals surface area contributed by atoms with Gasteiger partial charge in [0.25, 0.3) is 5.92 Å². The monoisotopic (exact) mass is 491 g/mol. The number of halogens is 3. The summed E-state index contributed by atoms with van der Waals surface area (Å²) in [6, 6.07) is 0.312. The van der Waals surface area contributed by atoms with Crippen LogP contribution in [0.2, 0.25) is 0 Å². The smallest absolute Gasteiger partial charge is 0.251 e. The van der Waals surface area contributed by atoms with Crippen molar-refractivity contribution < 1.29 is 13.2 Å². The summed E-state index contributed by atoms with van der Waals surface area (Å²) in [6.07, 6.45) is 8.32. The van der Waals surface area contributed by atoms with Crippen LogP contribution in [0.25, 0.3) is 0 Å². The molecule has 0 aromatic carbocycles. The molecule has 3 atom stereocenters. The first-order valence-electron chi connectivity index (χ1n) is 14.2. The molecule has 6 fully saturated rings. The van der Waals surface area contributed by atoms with Gasteiger partial charge in [-0.2, -0.15) is 0 Å². The Hall–Kier alpha value is -0.330. The Kier molecular flexibility index (Phi) is 12.9. The van der Waals surface area contributed by atoms with E-state index < -0.39 is 12.1 Å². The Morgan fingerprint density at radius 2 is 1.18 bits per heavy atom. The van der Waals surface area contributed by atoms with Crippen LogP contribution in [0.5, 0.6) is 0 Å². The molecule has 0 aromatic rings. The first-order chi connectivity index (χ1) is 16.1. The quantitative estimate of drug-likeness (QED) is 0.357. The second-order valence-corrected chi connectivity index (χ2v) is 10.8. The summed E-state index contributed by atoms with van der Waals surface area (Å²) in [4.78, 5) is 6.67. The lowest BCUT2D eigenvalue weighted by Gasteiger charge is -2.35. The molecule has 2 saturated carbocycles. The van der Waals surface area contributed by atoms with Crippen LogP contribution in [0.3, 0.4) is 0 Å². The lowest BCUT2D eigenvalue weighted by Crippen LogP contribution is -2.44. The fraction of sp³-hybridized carbons (Fsp3) is 1.00. The molecule has 0 aromatic heterocycles. The molecule has 4 heterocycles. The molecule has 2 spiro atoms. The van der Waals surface area contributed by atoms with Crippen molar-refractivity contribution in [3.63, 3.8) is 0 Å². The fourth-order valence-corrected chi connectivity index (χ4v) is 5.90. The minimum absolute atomic E-state index is 0.0833. The van der Waals surface area contributed by atoms with Gasteiger partial charge in [-0.15, -0.1) is 0 Å². The van der Waals surface area contributed by atoms with E-state index in [4.69, 9.17) is 0 Å². The van der Waals surface area contributed by atoms with Crippen LogP contribution < -0.4 is 0 Å². The average Bonchev–Trinajstić information content (AvgIpc) is 3.69. The minimum atomic E-state index is -2.38. The first kappa shape index (κ1) is 31.7. The zero-order valence-corrected chi connectivity index (χ0v) is 23.9. The van der Waals surface area contributed by atoms with Crippen LogP contribution >= 0.6 is 0 Å². The standard InChI is InChI=1S/C8H13F2N.C7H12FN.C7H13N.3C2H6/c1-11-6-2-3-7(11)5-8(9,10)4-6;1-9-4-6(8)7(5-9)2-3-7;1-8-5-4-7(6-8)2-3-7;3*1-2/h6-7H,2-5H2,1H3;6H,2-5H2,1H3;2-6H2,1H3;3*1-2H3. The molecule has 6 heteroatoms.